The monoisotopic (exact) mass is 338 g/mol. The van der Waals surface area contributed by atoms with Gasteiger partial charge in [-0.3, -0.25) is 9.69 Å². The van der Waals surface area contributed by atoms with Crippen LogP contribution >= 0.6 is 0 Å². The first kappa shape index (κ1) is 17.5. The SMILES string of the molecule is C[C@H](Oc1ccccc1)C(=O)Nc1cccc(CN2CCCCC2)c1. The van der Waals surface area contributed by atoms with Gasteiger partial charge in [-0.15, -0.1) is 0 Å². The molecule has 0 bridgehead atoms. The van der Waals surface area contributed by atoms with Crippen molar-refractivity contribution in [3.63, 3.8) is 0 Å². The molecule has 1 amide bonds. The Hall–Kier alpha value is -2.33. The fourth-order valence-corrected chi connectivity index (χ4v) is 3.12. The van der Waals surface area contributed by atoms with Crippen LogP contribution in [0.4, 0.5) is 5.69 Å². The number of nitrogens with one attached hydrogen (secondary N) is 1. The van der Waals surface area contributed by atoms with Gasteiger partial charge in [-0.25, -0.2) is 0 Å². The first-order valence-corrected chi connectivity index (χ1v) is 9.04. The molecule has 1 heterocycles. The highest BCUT2D eigenvalue weighted by Gasteiger charge is 2.15. The van der Waals surface area contributed by atoms with E-state index in [2.05, 4.69) is 22.3 Å². The van der Waals surface area contributed by atoms with Gasteiger partial charge < -0.3 is 10.1 Å². The van der Waals surface area contributed by atoms with Crippen molar-refractivity contribution in [3.05, 3.63) is 60.2 Å². The number of hydrogen-bond donors (Lipinski definition) is 1. The van der Waals surface area contributed by atoms with Crippen molar-refractivity contribution >= 4 is 11.6 Å². The van der Waals surface area contributed by atoms with Gasteiger partial charge in [-0.05, 0) is 62.7 Å². The molecule has 0 aromatic heterocycles. The molecular formula is C21H26N2O2. The molecule has 1 aliphatic heterocycles. The highest BCUT2D eigenvalue weighted by Crippen LogP contribution is 2.17. The summed E-state index contributed by atoms with van der Waals surface area (Å²) in [6, 6.07) is 17.5. The molecule has 1 atom stereocenters. The minimum absolute atomic E-state index is 0.140. The second kappa shape index (κ2) is 8.67. The highest BCUT2D eigenvalue weighted by atomic mass is 16.5. The third-order valence-corrected chi connectivity index (χ3v) is 4.47. The Morgan fingerprint density at radius 2 is 1.84 bits per heavy atom. The third kappa shape index (κ3) is 5.33. The van der Waals surface area contributed by atoms with Gasteiger partial charge in [0.05, 0.1) is 0 Å². The average Bonchev–Trinajstić information content (AvgIpc) is 2.63. The van der Waals surface area contributed by atoms with E-state index >= 15 is 0 Å². The van der Waals surface area contributed by atoms with E-state index in [-0.39, 0.29) is 5.91 Å². The van der Waals surface area contributed by atoms with Gasteiger partial charge >= 0.3 is 0 Å². The van der Waals surface area contributed by atoms with Crippen LogP contribution in [0.2, 0.25) is 0 Å². The van der Waals surface area contributed by atoms with Gasteiger partial charge in [-0.1, -0.05) is 36.8 Å². The molecule has 2 aromatic carbocycles. The summed E-state index contributed by atoms with van der Waals surface area (Å²) in [4.78, 5) is 14.8. The van der Waals surface area contributed by atoms with Gasteiger partial charge in [0, 0.05) is 12.2 Å². The van der Waals surface area contributed by atoms with Gasteiger partial charge in [-0.2, -0.15) is 0 Å². The smallest absolute Gasteiger partial charge is 0.265 e. The minimum atomic E-state index is -0.548. The van der Waals surface area contributed by atoms with Crippen LogP contribution in [-0.4, -0.2) is 30.0 Å². The van der Waals surface area contributed by atoms with Crippen LogP contribution in [0, 0.1) is 0 Å². The number of likely N-dealkylation sites (tertiary alicyclic amines) is 1. The number of para-hydroxylation sites is 1. The summed E-state index contributed by atoms with van der Waals surface area (Å²) in [5, 5.41) is 2.96. The van der Waals surface area contributed by atoms with E-state index in [1.807, 2.05) is 42.5 Å². The second-order valence-corrected chi connectivity index (χ2v) is 6.60. The van der Waals surface area contributed by atoms with Crippen molar-refractivity contribution in [2.75, 3.05) is 18.4 Å². The number of anilines is 1. The van der Waals surface area contributed by atoms with E-state index in [0.29, 0.717) is 5.75 Å². The zero-order valence-electron chi connectivity index (χ0n) is 14.8. The molecule has 1 saturated heterocycles. The Morgan fingerprint density at radius 3 is 2.60 bits per heavy atom. The molecule has 0 spiro atoms. The first-order valence-electron chi connectivity index (χ1n) is 9.04. The molecule has 3 rings (SSSR count). The molecule has 132 valence electrons. The number of benzene rings is 2. The van der Waals surface area contributed by atoms with Crippen LogP contribution in [0.1, 0.15) is 31.7 Å². The van der Waals surface area contributed by atoms with E-state index in [1.165, 1.54) is 37.9 Å². The number of carbonyl (C=O) groups is 1. The topological polar surface area (TPSA) is 41.6 Å². The Kier molecular flexibility index (Phi) is 6.07. The number of nitrogens with zero attached hydrogens (tertiary/aromatic N) is 1. The fraction of sp³-hybridized carbons (Fsp3) is 0.381. The lowest BCUT2D eigenvalue weighted by molar-refractivity contribution is -0.122. The van der Waals surface area contributed by atoms with Gasteiger partial charge in [0.15, 0.2) is 6.10 Å². The number of hydrogen-bond acceptors (Lipinski definition) is 3. The van der Waals surface area contributed by atoms with Crippen LogP contribution in [0.3, 0.4) is 0 Å². The minimum Gasteiger partial charge on any atom is -0.481 e. The quantitative estimate of drug-likeness (QED) is 0.863. The number of ether oxygens (including phenoxy) is 1. The van der Waals surface area contributed by atoms with Crippen LogP contribution in [0.15, 0.2) is 54.6 Å². The molecule has 1 fully saturated rings. The predicted molar refractivity (Wildman–Crippen MR) is 101 cm³/mol. The first-order chi connectivity index (χ1) is 12.2. The number of rotatable bonds is 6. The molecule has 25 heavy (non-hydrogen) atoms. The third-order valence-electron chi connectivity index (χ3n) is 4.47. The molecule has 0 aliphatic carbocycles. The normalized spacial score (nSPS) is 16.2. The maximum absolute atomic E-state index is 12.4. The van der Waals surface area contributed by atoms with Crippen molar-refractivity contribution in [1.29, 1.82) is 0 Å². The van der Waals surface area contributed by atoms with E-state index in [0.717, 1.165) is 12.2 Å². The Labute approximate surface area is 149 Å². The van der Waals surface area contributed by atoms with Crippen molar-refractivity contribution < 1.29 is 9.53 Å². The maximum Gasteiger partial charge on any atom is 0.265 e. The van der Waals surface area contributed by atoms with Crippen molar-refractivity contribution in [2.24, 2.45) is 0 Å². The lowest BCUT2D eigenvalue weighted by Crippen LogP contribution is -2.30. The van der Waals surface area contributed by atoms with Gasteiger partial charge in [0.1, 0.15) is 5.75 Å². The standard InChI is InChI=1S/C21H26N2O2/c1-17(25-20-11-4-2-5-12-20)21(24)22-19-10-8-9-18(15-19)16-23-13-6-3-7-14-23/h2,4-5,8-12,15,17H,3,6-7,13-14,16H2,1H3,(H,22,24)/t17-/m0/s1. The summed E-state index contributed by atoms with van der Waals surface area (Å²) < 4.78 is 5.68. The molecule has 0 unspecified atom stereocenters. The van der Waals surface area contributed by atoms with E-state index in [1.54, 1.807) is 6.92 Å². The van der Waals surface area contributed by atoms with Crippen LogP contribution in [-0.2, 0) is 11.3 Å². The zero-order chi connectivity index (χ0) is 17.5. The maximum atomic E-state index is 12.4. The lowest BCUT2D eigenvalue weighted by Gasteiger charge is -2.26. The summed E-state index contributed by atoms with van der Waals surface area (Å²) in [6.45, 7) is 5.04. The number of amides is 1. The second-order valence-electron chi connectivity index (χ2n) is 6.60. The van der Waals surface area contributed by atoms with Crippen molar-refractivity contribution in [2.45, 2.75) is 38.8 Å². The fourth-order valence-electron chi connectivity index (χ4n) is 3.12. The van der Waals surface area contributed by atoms with Gasteiger partial charge in [0.25, 0.3) is 5.91 Å². The summed E-state index contributed by atoms with van der Waals surface area (Å²) in [6.07, 6.45) is 3.36. The Bertz CT molecular complexity index is 681. The summed E-state index contributed by atoms with van der Waals surface area (Å²) >= 11 is 0. The van der Waals surface area contributed by atoms with E-state index < -0.39 is 6.10 Å². The Morgan fingerprint density at radius 1 is 1.08 bits per heavy atom. The lowest BCUT2D eigenvalue weighted by atomic mass is 10.1. The largest absolute Gasteiger partial charge is 0.481 e. The highest BCUT2D eigenvalue weighted by molar-refractivity contribution is 5.94. The number of piperidine rings is 1. The average molecular weight is 338 g/mol. The molecule has 4 heteroatoms. The predicted octanol–water partition coefficient (Wildman–Crippen LogP) is 4.08. The summed E-state index contributed by atoms with van der Waals surface area (Å²) in [5.41, 5.74) is 2.05. The molecule has 1 N–H and O–H groups in total. The molecule has 2 aromatic rings. The van der Waals surface area contributed by atoms with Crippen LogP contribution < -0.4 is 10.1 Å². The summed E-state index contributed by atoms with van der Waals surface area (Å²) in [5.74, 6) is 0.558. The van der Waals surface area contributed by atoms with Crippen molar-refractivity contribution in [3.8, 4) is 5.75 Å². The van der Waals surface area contributed by atoms with Crippen LogP contribution in [0.25, 0.3) is 0 Å². The van der Waals surface area contributed by atoms with Crippen LogP contribution in [0.5, 0.6) is 5.75 Å². The number of carbonyl (C=O) groups excluding carboxylic acids is 1. The molecule has 1 aliphatic rings. The van der Waals surface area contributed by atoms with E-state index in [9.17, 15) is 4.79 Å². The molecule has 4 nitrogen and oxygen atoms in total. The zero-order valence-corrected chi connectivity index (χ0v) is 14.8. The molecular weight excluding hydrogens is 312 g/mol. The van der Waals surface area contributed by atoms with Crippen molar-refractivity contribution in [1.82, 2.24) is 4.90 Å². The van der Waals surface area contributed by atoms with Gasteiger partial charge in [0.2, 0.25) is 0 Å². The molecule has 0 saturated carbocycles. The molecule has 0 radical (unpaired) electrons. The summed E-state index contributed by atoms with van der Waals surface area (Å²) in [7, 11) is 0. The Balaban J connectivity index is 1.56. The van der Waals surface area contributed by atoms with E-state index in [4.69, 9.17) is 4.74 Å².